The van der Waals surface area contributed by atoms with Crippen LogP contribution in [0.3, 0.4) is 0 Å². The van der Waals surface area contributed by atoms with Crippen molar-refractivity contribution in [3.05, 3.63) is 0 Å². The summed E-state index contributed by atoms with van der Waals surface area (Å²) in [5.41, 5.74) is 0. The molecule has 0 radical (unpaired) electrons. The molecule has 0 heterocycles. The molecule has 0 saturated carbocycles. The van der Waals surface area contributed by atoms with Crippen LogP contribution in [0.25, 0.3) is 0 Å². The van der Waals surface area contributed by atoms with Crippen LogP contribution in [0.2, 0.25) is 0 Å². The summed E-state index contributed by atoms with van der Waals surface area (Å²) in [7, 11) is 3.58. The van der Waals surface area contributed by atoms with Crippen LogP contribution in [0.4, 0.5) is 0 Å². The summed E-state index contributed by atoms with van der Waals surface area (Å²) in [4.78, 5) is 12.8. The SMILES string of the molecule is CCNC(CN(C)CCCOC)C(=O)O. The number of nitrogens with zero attached hydrogens (tertiary/aromatic N) is 1. The van der Waals surface area contributed by atoms with Gasteiger partial charge in [0.25, 0.3) is 0 Å². The predicted octanol–water partition coefficient (Wildman–Crippen LogP) is 0.0174. The van der Waals surface area contributed by atoms with Crippen molar-refractivity contribution in [3.63, 3.8) is 0 Å². The van der Waals surface area contributed by atoms with Gasteiger partial charge in [0.2, 0.25) is 0 Å². The maximum Gasteiger partial charge on any atom is 0.322 e. The fourth-order valence-electron chi connectivity index (χ4n) is 1.36. The number of aliphatic carboxylic acids is 1. The van der Waals surface area contributed by atoms with E-state index in [0.717, 1.165) is 13.0 Å². The molecule has 5 heteroatoms. The molecule has 0 aliphatic rings. The van der Waals surface area contributed by atoms with Gasteiger partial charge < -0.3 is 20.1 Å². The molecule has 0 aliphatic heterocycles. The van der Waals surface area contributed by atoms with E-state index in [0.29, 0.717) is 19.7 Å². The van der Waals surface area contributed by atoms with Crippen LogP contribution in [0, 0.1) is 0 Å². The van der Waals surface area contributed by atoms with Crippen molar-refractivity contribution in [1.82, 2.24) is 10.2 Å². The lowest BCUT2D eigenvalue weighted by molar-refractivity contribution is -0.139. The summed E-state index contributed by atoms with van der Waals surface area (Å²) in [5, 5.41) is 11.8. The van der Waals surface area contributed by atoms with Gasteiger partial charge in [-0.15, -0.1) is 0 Å². The minimum Gasteiger partial charge on any atom is -0.480 e. The van der Waals surface area contributed by atoms with Gasteiger partial charge in [-0.1, -0.05) is 6.92 Å². The molecule has 0 saturated heterocycles. The number of methoxy groups -OCH3 is 1. The Labute approximate surface area is 91.4 Å². The highest BCUT2D eigenvalue weighted by Gasteiger charge is 2.17. The van der Waals surface area contributed by atoms with Crippen LogP contribution >= 0.6 is 0 Å². The second kappa shape index (κ2) is 8.64. The molecule has 1 atom stereocenters. The first-order valence-corrected chi connectivity index (χ1v) is 5.25. The Balaban J connectivity index is 3.78. The number of likely N-dealkylation sites (N-methyl/N-ethyl adjacent to an activating group) is 2. The van der Waals surface area contributed by atoms with Gasteiger partial charge >= 0.3 is 5.97 Å². The third-order valence-corrected chi connectivity index (χ3v) is 2.13. The van der Waals surface area contributed by atoms with Crippen molar-refractivity contribution in [2.24, 2.45) is 0 Å². The lowest BCUT2D eigenvalue weighted by Crippen LogP contribution is -2.45. The zero-order valence-electron chi connectivity index (χ0n) is 9.82. The third kappa shape index (κ3) is 7.30. The average molecular weight is 218 g/mol. The first-order valence-electron chi connectivity index (χ1n) is 5.25. The van der Waals surface area contributed by atoms with Gasteiger partial charge in [-0.3, -0.25) is 4.79 Å². The molecule has 90 valence electrons. The third-order valence-electron chi connectivity index (χ3n) is 2.13. The molecule has 0 aromatic rings. The average Bonchev–Trinajstić information content (AvgIpc) is 2.17. The number of hydrogen-bond donors (Lipinski definition) is 2. The molecule has 1 unspecified atom stereocenters. The molecule has 0 spiro atoms. The molecule has 15 heavy (non-hydrogen) atoms. The Morgan fingerprint density at radius 3 is 2.73 bits per heavy atom. The molecular weight excluding hydrogens is 196 g/mol. The first-order chi connectivity index (χ1) is 7.11. The number of hydrogen-bond acceptors (Lipinski definition) is 4. The fraction of sp³-hybridized carbons (Fsp3) is 0.900. The Morgan fingerprint density at radius 1 is 1.60 bits per heavy atom. The second-order valence-electron chi connectivity index (χ2n) is 3.56. The molecule has 5 nitrogen and oxygen atoms in total. The minimum atomic E-state index is -0.796. The summed E-state index contributed by atoms with van der Waals surface area (Å²) in [6.07, 6.45) is 0.922. The van der Waals surface area contributed by atoms with E-state index in [2.05, 4.69) is 5.32 Å². The van der Waals surface area contributed by atoms with E-state index in [-0.39, 0.29) is 0 Å². The smallest absolute Gasteiger partial charge is 0.322 e. The van der Waals surface area contributed by atoms with Gasteiger partial charge in [0.15, 0.2) is 0 Å². The van der Waals surface area contributed by atoms with E-state index >= 15 is 0 Å². The van der Waals surface area contributed by atoms with E-state index < -0.39 is 12.0 Å². The standard InChI is InChI=1S/C10H22N2O3/c1-4-11-9(10(13)14)8-12(2)6-5-7-15-3/h9,11H,4-8H2,1-3H3,(H,13,14). The number of carbonyl (C=O) groups is 1. The van der Waals surface area contributed by atoms with Gasteiger partial charge in [0, 0.05) is 26.8 Å². The largest absolute Gasteiger partial charge is 0.480 e. The lowest BCUT2D eigenvalue weighted by atomic mass is 10.2. The highest BCUT2D eigenvalue weighted by Crippen LogP contribution is 1.93. The van der Waals surface area contributed by atoms with Gasteiger partial charge in [0.05, 0.1) is 0 Å². The summed E-state index contributed by atoms with van der Waals surface area (Å²) < 4.78 is 4.93. The first kappa shape index (κ1) is 14.3. The maximum atomic E-state index is 10.8. The number of carboxylic acid groups (broad SMARTS) is 1. The molecule has 0 bridgehead atoms. The van der Waals surface area contributed by atoms with E-state index in [9.17, 15) is 4.79 Å². The Bertz CT molecular complexity index is 176. The zero-order valence-corrected chi connectivity index (χ0v) is 9.82. The normalized spacial score (nSPS) is 13.1. The minimum absolute atomic E-state index is 0.484. The molecule has 0 rings (SSSR count). The number of rotatable bonds is 9. The molecule has 0 aliphatic carbocycles. The van der Waals surface area contributed by atoms with Gasteiger partial charge in [0.1, 0.15) is 6.04 Å². The van der Waals surface area contributed by atoms with E-state index in [1.807, 2.05) is 18.9 Å². The molecule has 0 amide bonds. The van der Waals surface area contributed by atoms with Crippen LogP contribution in [0.15, 0.2) is 0 Å². The molecular formula is C10H22N2O3. The molecule has 2 N–H and O–H groups in total. The topological polar surface area (TPSA) is 61.8 Å². The second-order valence-corrected chi connectivity index (χ2v) is 3.56. The predicted molar refractivity (Wildman–Crippen MR) is 59.1 cm³/mol. The van der Waals surface area contributed by atoms with Crippen molar-refractivity contribution in [2.75, 3.05) is 40.4 Å². The van der Waals surface area contributed by atoms with E-state index in [4.69, 9.17) is 9.84 Å². The monoisotopic (exact) mass is 218 g/mol. The Morgan fingerprint density at radius 2 is 2.27 bits per heavy atom. The van der Waals surface area contributed by atoms with Crippen molar-refractivity contribution in [1.29, 1.82) is 0 Å². The van der Waals surface area contributed by atoms with Crippen LogP contribution in [-0.4, -0.2) is 62.4 Å². The van der Waals surface area contributed by atoms with Crippen LogP contribution < -0.4 is 5.32 Å². The van der Waals surface area contributed by atoms with E-state index in [1.54, 1.807) is 7.11 Å². The fourth-order valence-corrected chi connectivity index (χ4v) is 1.36. The highest BCUT2D eigenvalue weighted by molar-refractivity contribution is 5.73. The highest BCUT2D eigenvalue weighted by atomic mass is 16.5. The van der Waals surface area contributed by atoms with Crippen molar-refractivity contribution in [2.45, 2.75) is 19.4 Å². The summed E-state index contributed by atoms with van der Waals surface area (Å²) in [6.45, 7) is 4.66. The van der Waals surface area contributed by atoms with Gasteiger partial charge in [-0.2, -0.15) is 0 Å². The number of nitrogens with one attached hydrogen (secondary N) is 1. The Kier molecular flexibility index (Phi) is 8.27. The van der Waals surface area contributed by atoms with Crippen molar-refractivity contribution in [3.8, 4) is 0 Å². The van der Waals surface area contributed by atoms with E-state index in [1.165, 1.54) is 0 Å². The van der Waals surface area contributed by atoms with Gasteiger partial charge in [-0.05, 0) is 20.0 Å². The zero-order chi connectivity index (χ0) is 11.7. The summed E-state index contributed by atoms with van der Waals surface area (Å²) in [6, 6.07) is -0.484. The molecule has 0 aromatic heterocycles. The van der Waals surface area contributed by atoms with Crippen LogP contribution in [-0.2, 0) is 9.53 Å². The number of carboxylic acids is 1. The maximum absolute atomic E-state index is 10.8. The van der Waals surface area contributed by atoms with Crippen LogP contribution in [0.1, 0.15) is 13.3 Å². The number of ether oxygens (including phenoxy) is 1. The lowest BCUT2D eigenvalue weighted by Gasteiger charge is -2.21. The van der Waals surface area contributed by atoms with Crippen molar-refractivity contribution >= 4 is 5.97 Å². The molecule has 0 fully saturated rings. The van der Waals surface area contributed by atoms with Gasteiger partial charge in [-0.25, -0.2) is 0 Å². The van der Waals surface area contributed by atoms with Crippen molar-refractivity contribution < 1.29 is 14.6 Å². The summed E-state index contributed by atoms with van der Waals surface area (Å²) in [5.74, 6) is -0.796. The Hall–Kier alpha value is -0.650. The molecule has 0 aromatic carbocycles. The summed E-state index contributed by atoms with van der Waals surface area (Å²) >= 11 is 0. The quantitative estimate of drug-likeness (QED) is 0.534. The van der Waals surface area contributed by atoms with Crippen LogP contribution in [0.5, 0.6) is 0 Å².